The molecule has 7 nitrogen and oxygen atoms in total. The molecule has 0 aliphatic heterocycles. The number of hydrogen-bond acceptors (Lipinski definition) is 4. The molecular weight excluding hydrogens is 358 g/mol. The normalized spacial score (nSPS) is 10.8. The van der Waals surface area contributed by atoms with E-state index in [1.165, 1.54) is 4.57 Å². The quantitative estimate of drug-likeness (QED) is 0.648. The van der Waals surface area contributed by atoms with E-state index in [0.29, 0.717) is 24.7 Å². The molecule has 1 heterocycles. The zero-order valence-corrected chi connectivity index (χ0v) is 16.4. The lowest BCUT2D eigenvalue weighted by molar-refractivity contribution is -0.121. The number of nitrogens with one attached hydrogen (secondary N) is 1. The lowest BCUT2D eigenvalue weighted by atomic mass is 10.2. The van der Waals surface area contributed by atoms with Crippen LogP contribution in [0.2, 0.25) is 0 Å². The van der Waals surface area contributed by atoms with E-state index in [-0.39, 0.29) is 18.1 Å². The van der Waals surface area contributed by atoms with Gasteiger partial charge in [0.25, 0.3) is 0 Å². The minimum absolute atomic E-state index is 0.0327. The maximum absolute atomic E-state index is 12.4. The summed E-state index contributed by atoms with van der Waals surface area (Å²) in [6.45, 7) is 2.96. The molecule has 0 aliphatic rings. The maximum atomic E-state index is 12.4. The minimum atomic E-state index is -0.233. The summed E-state index contributed by atoms with van der Waals surface area (Å²) in [7, 11) is 3.29. The summed E-state index contributed by atoms with van der Waals surface area (Å²) in [6, 6.07) is 13.0. The Kier molecular flexibility index (Phi) is 6.03. The van der Waals surface area contributed by atoms with Crippen LogP contribution < -0.4 is 20.5 Å². The van der Waals surface area contributed by atoms with Crippen molar-refractivity contribution < 1.29 is 14.3 Å². The molecule has 3 aromatic rings. The predicted octanol–water partition coefficient (Wildman–Crippen LogP) is 2.45. The predicted molar refractivity (Wildman–Crippen MR) is 108 cm³/mol. The van der Waals surface area contributed by atoms with E-state index >= 15 is 0 Å². The van der Waals surface area contributed by atoms with Crippen LogP contribution in [0.3, 0.4) is 0 Å². The number of rotatable bonds is 8. The van der Waals surface area contributed by atoms with E-state index in [0.717, 1.165) is 23.0 Å². The lowest BCUT2D eigenvalue weighted by Gasteiger charge is -2.12. The summed E-state index contributed by atoms with van der Waals surface area (Å²) >= 11 is 0. The zero-order valence-electron chi connectivity index (χ0n) is 16.4. The van der Waals surface area contributed by atoms with Gasteiger partial charge in [-0.15, -0.1) is 0 Å². The Morgan fingerprint density at radius 1 is 1.11 bits per heavy atom. The summed E-state index contributed by atoms with van der Waals surface area (Å²) in [4.78, 5) is 24.8. The first kappa shape index (κ1) is 19.5. The standard InChI is InChI=1S/C21H25N3O4/c1-4-11-28-18-10-9-15(12-19(18)27-3)13-22-20(25)14-24-17-8-6-5-7-16(17)23(2)21(24)26/h5-10,12H,4,11,13-14H2,1-3H3,(H,22,25). The van der Waals surface area contributed by atoms with Crippen LogP contribution in [0.1, 0.15) is 18.9 Å². The van der Waals surface area contributed by atoms with Crippen LogP contribution >= 0.6 is 0 Å². The number of aromatic nitrogens is 2. The van der Waals surface area contributed by atoms with Gasteiger partial charge in [-0.25, -0.2) is 4.79 Å². The largest absolute Gasteiger partial charge is 0.493 e. The molecule has 0 radical (unpaired) electrons. The first-order chi connectivity index (χ1) is 13.5. The fourth-order valence-electron chi connectivity index (χ4n) is 3.07. The molecule has 0 saturated carbocycles. The molecule has 7 heteroatoms. The Morgan fingerprint density at radius 2 is 1.86 bits per heavy atom. The van der Waals surface area contributed by atoms with Gasteiger partial charge >= 0.3 is 5.69 Å². The van der Waals surface area contributed by atoms with Crippen LogP contribution in [0.5, 0.6) is 11.5 Å². The topological polar surface area (TPSA) is 74.5 Å². The molecule has 0 aliphatic carbocycles. The van der Waals surface area contributed by atoms with E-state index < -0.39 is 0 Å². The van der Waals surface area contributed by atoms with Crippen LogP contribution in [-0.4, -0.2) is 28.8 Å². The monoisotopic (exact) mass is 383 g/mol. The molecule has 1 amide bonds. The number of methoxy groups -OCH3 is 1. The highest BCUT2D eigenvalue weighted by atomic mass is 16.5. The van der Waals surface area contributed by atoms with Gasteiger partial charge in [0.15, 0.2) is 11.5 Å². The minimum Gasteiger partial charge on any atom is -0.493 e. The molecule has 28 heavy (non-hydrogen) atoms. The molecule has 1 aromatic heterocycles. The van der Waals surface area contributed by atoms with Crippen molar-refractivity contribution >= 4 is 16.9 Å². The van der Waals surface area contributed by atoms with Crippen LogP contribution in [0.25, 0.3) is 11.0 Å². The smallest absolute Gasteiger partial charge is 0.329 e. The van der Waals surface area contributed by atoms with Crippen LogP contribution in [0.15, 0.2) is 47.3 Å². The first-order valence-corrected chi connectivity index (χ1v) is 9.25. The van der Waals surface area contributed by atoms with Gasteiger partial charge in [0.1, 0.15) is 6.54 Å². The number of fused-ring (bicyclic) bond motifs is 1. The second-order valence-electron chi connectivity index (χ2n) is 6.53. The van der Waals surface area contributed by atoms with Crippen molar-refractivity contribution in [3.05, 3.63) is 58.5 Å². The number of carbonyl (C=O) groups excluding carboxylic acids is 1. The van der Waals surface area contributed by atoms with Crippen LogP contribution in [0, 0.1) is 0 Å². The zero-order chi connectivity index (χ0) is 20.1. The molecule has 0 saturated heterocycles. The number of nitrogens with zero attached hydrogens (tertiary/aromatic N) is 2. The second-order valence-corrected chi connectivity index (χ2v) is 6.53. The summed E-state index contributed by atoms with van der Waals surface area (Å²) in [5.41, 5.74) is 2.21. The fourth-order valence-corrected chi connectivity index (χ4v) is 3.07. The number of imidazole rings is 1. The van der Waals surface area contributed by atoms with E-state index in [4.69, 9.17) is 9.47 Å². The van der Waals surface area contributed by atoms with Crippen molar-refractivity contribution in [1.29, 1.82) is 0 Å². The maximum Gasteiger partial charge on any atom is 0.329 e. The number of amides is 1. The molecule has 0 spiro atoms. The molecule has 0 unspecified atom stereocenters. The van der Waals surface area contributed by atoms with Gasteiger partial charge in [0.2, 0.25) is 5.91 Å². The number of ether oxygens (including phenoxy) is 2. The Labute approximate surface area is 163 Å². The molecule has 0 fully saturated rings. The second kappa shape index (κ2) is 8.65. The van der Waals surface area contributed by atoms with Crippen molar-refractivity contribution in [3.63, 3.8) is 0 Å². The Bertz CT molecular complexity index is 1040. The molecule has 2 aromatic carbocycles. The summed E-state index contributed by atoms with van der Waals surface area (Å²) in [6.07, 6.45) is 0.911. The van der Waals surface area contributed by atoms with Crippen molar-refractivity contribution in [2.45, 2.75) is 26.4 Å². The third kappa shape index (κ3) is 4.03. The van der Waals surface area contributed by atoms with Gasteiger partial charge in [-0.2, -0.15) is 0 Å². The van der Waals surface area contributed by atoms with Crippen molar-refractivity contribution in [2.24, 2.45) is 7.05 Å². The van der Waals surface area contributed by atoms with Gasteiger partial charge in [0, 0.05) is 13.6 Å². The first-order valence-electron chi connectivity index (χ1n) is 9.25. The number of carbonyl (C=O) groups is 1. The average Bonchev–Trinajstić information content (AvgIpc) is 2.96. The molecule has 0 bridgehead atoms. The van der Waals surface area contributed by atoms with Gasteiger partial charge in [0.05, 0.1) is 24.8 Å². The third-order valence-corrected chi connectivity index (χ3v) is 4.53. The summed E-state index contributed by atoms with van der Waals surface area (Å²) in [5.74, 6) is 1.08. The van der Waals surface area contributed by atoms with Gasteiger partial charge in [-0.05, 0) is 36.2 Å². The van der Waals surface area contributed by atoms with Gasteiger partial charge in [-0.3, -0.25) is 13.9 Å². The number of para-hydroxylation sites is 2. The Morgan fingerprint density at radius 3 is 2.57 bits per heavy atom. The Hall–Kier alpha value is -3.22. The van der Waals surface area contributed by atoms with Crippen molar-refractivity contribution in [3.8, 4) is 11.5 Å². The average molecular weight is 383 g/mol. The highest BCUT2D eigenvalue weighted by Crippen LogP contribution is 2.28. The van der Waals surface area contributed by atoms with Crippen LogP contribution in [0.4, 0.5) is 0 Å². The summed E-state index contributed by atoms with van der Waals surface area (Å²) in [5, 5.41) is 2.86. The van der Waals surface area contributed by atoms with E-state index in [9.17, 15) is 9.59 Å². The van der Waals surface area contributed by atoms with E-state index in [2.05, 4.69) is 5.32 Å². The lowest BCUT2D eigenvalue weighted by Crippen LogP contribution is -2.32. The van der Waals surface area contributed by atoms with E-state index in [1.54, 1.807) is 18.7 Å². The SMILES string of the molecule is CCCOc1ccc(CNC(=O)Cn2c(=O)n(C)c3ccccc32)cc1OC. The van der Waals surface area contributed by atoms with Crippen molar-refractivity contribution in [2.75, 3.05) is 13.7 Å². The van der Waals surface area contributed by atoms with Gasteiger partial charge < -0.3 is 14.8 Å². The highest BCUT2D eigenvalue weighted by Gasteiger charge is 2.13. The van der Waals surface area contributed by atoms with Crippen molar-refractivity contribution in [1.82, 2.24) is 14.5 Å². The highest BCUT2D eigenvalue weighted by molar-refractivity contribution is 5.80. The Balaban J connectivity index is 1.68. The molecule has 0 atom stereocenters. The molecule has 1 N–H and O–H groups in total. The number of benzene rings is 2. The van der Waals surface area contributed by atoms with Crippen LogP contribution in [-0.2, 0) is 24.9 Å². The number of hydrogen-bond donors (Lipinski definition) is 1. The molecule has 3 rings (SSSR count). The summed E-state index contributed by atoms with van der Waals surface area (Å²) < 4.78 is 14.0. The molecule has 148 valence electrons. The number of aryl methyl sites for hydroxylation is 1. The third-order valence-electron chi connectivity index (χ3n) is 4.53. The fraction of sp³-hybridized carbons (Fsp3) is 0.333. The van der Waals surface area contributed by atoms with E-state index in [1.807, 2.05) is 49.4 Å². The molecular formula is C21H25N3O4. The van der Waals surface area contributed by atoms with Gasteiger partial charge in [-0.1, -0.05) is 25.1 Å².